The summed E-state index contributed by atoms with van der Waals surface area (Å²) in [5.74, 6) is 0. The van der Waals surface area contributed by atoms with Crippen LogP contribution >= 0.6 is 0 Å². The molecule has 1 rings (SSSR count). The van der Waals surface area contributed by atoms with Crippen LogP contribution in [0.15, 0.2) is 14.4 Å². The van der Waals surface area contributed by atoms with Crippen LogP contribution in [0.25, 0.3) is 0 Å². The van der Waals surface area contributed by atoms with Crippen molar-refractivity contribution in [2.45, 2.75) is 6.17 Å². The molecule has 0 aromatic carbocycles. The van der Waals surface area contributed by atoms with Crippen LogP contribution < -0.4 is 17.1 Å². The fourth-order valence-corrected chi connectivity index (χ4v) is 3.15. The molecule has 1 aromatic rings. The van der Waals surface area contributed by atoms with Crippen LogP contribution in [0.4, 0.5) is 0 Å². The molecular formula is C9H17N3O6Si. The fraction of sp³-hybridized carbons (Fsp3) is 0.667. The third-order valence-corrected chi connectivity index (χ3v) is 5.46. The molecule has 0 saturated carbocycles. The highest BCUT2D eigenvalue weighted by Gasteiger charge is 2.40. The van der Waals surface area contributed by atoms with Crippen molar-refractivity contribution in [1.29, 1.82) is 0 Å². The predicted octanol–water partition coefficient (Wildman–Crippen LogP) is -2.34. The van der Waals surface area contributed by atoms with E-state index in [9.17, 15) is 14.4 Å². The molecular weight excluding hydrogens is 274 g/mol. The van der Waals surface area contributed by atoms with E-state index in [0.29, 0.717) is 0 Å². The summed E-state index contributed by atoms with van der Waals surface area (Å²) >= 11 is 0. The Labute approximate surface area is 109 Å². The van der Waals surface area contributed by atoms with Crippen molar-refractivity contribution in [3.8, 4) is 0 Å². The monoisotopic (exact) mass is 291 g/mol. The van der Waals surface area contributed by atoms with E-state index in [1.807, 2.05) is 0 Å². The molecule has 0 N–H and O–H groups in total. The van der Waals surface area contributed by atoms with Crippen molar-refractivity contribution in [2.75, 3.05) is 21.3 Å². The Morgan fingerprint density at radius 1 is 0.842 bits per heavy atom. The Kier molecular flexibility index (Phi) is 4.63. The second kappa shape index (κ2) is 5.65. The molecule has 10 heteroatoms. The van der Waals surface area contributed by atoms with Gasteiger partial charge in [0.15, 0.2) is 0 Å². The fourth-order valence-electron chi connectivity index (χ4n) is 1.61. The summed E-state index contributed by atoms with van der Waals surface area (Å²) < 4.78 is 18.0. The van der Waals surface area contributed by atoms with Gasteiger partial charge in [-0.05, 0) is 0 Å². The van der Waals surface area contributed by atoms with E-state index in [1.165, 1.54) is 35.4 Å². The van der Waals surface area contributed by atoms with Gasteiger partial charge in [0, 0.05) is 35.4 Å². The highest BCUT2D eigenvalue weighted by atomic mass is 28.4. The summed E-state index contributed by atoms with van der Waals surface area (Å²) in [4.78, 5) is 35.5. The lowest BCUT2D eigenvalue weighted by Crippen LogP contribution is -2.58. The molecule has 0 aliphatic heterocycles. The maximum Gasteiger partial charge on any atom is 0.521 e. The first-order valence-electron chi connectivity index (χ1n) is 5.36. The molecule has 1 aromatic heterocycles. The summed E-state index contributed by atoms with van der Waals surface area (Å²) in [6.07, 6.45) is -0.171. The Balaban J connectivity index is 3.50. The number of rotatable bonds is 5. The molecule has 0 atom stereocenters. The molecule has 19 heavy (non-hydrogen) atoms. The van der Waals surface area contributed by atoms with Crippen molar-refractivity contribution in [2.24, 2.45) is 14.1 Å². The van der Waals surface area contributed by atoms with Crippen LogP contribution in [-0.2, 0) is 33.5 Å². The molecule has 0 radical (unpaired) electrons. The number of hydrogen-bond donors (Lipinski definition) is 0. The minimum absolute atomic E-state index is 0.171. The van der Waals surface area contributed by atoms with Crippen molar-refractivity contribution < 1.29 is 13.3 Å². The van der Waals surface area contributed by atoms with Gasteiger partial charge in [0.2, 0.25) is 0 Å². The van der Waals surface area contributed by atoms with Crippen LogP contribution in [0.5, 0.6) is 0 Å². The zero-order chi connectivity index (χ0) is 14.8. The SMILES string of the molecule is CO[Si](Cn1c(=O)n(C)c(=O)n(C)c1=O)(OC)OC. The maximum absolute atomic E-state index is 12.0. The lowest BCUT2D eigenvalue weighted by molar-refractivity contribution is 0.114. The zero-order valence-electron chi connectivity index (χ0n) is 11.5. The summed E-state index contributed by atoms with van der Waals surface area (Å²) in [5.41, 5.74) is -2.17. The normalized spacial score (nSPS) is 11.8. The van der Waals surface area contributed by atoms with Gasteiger partial charge in [0.05, 0.1) is 0 Å². The van der Waals surface area contributed by atoms with Gasteiger partial charge in [-0.2, -0.15) is 0 Å². The molecule has 0 saturated heterocycles. The minimum atomic E-state index is -3.15. The molecule has 0 bridgehead atoms. The number of nitrogens with zero attached hydrogens (tertiary/aromatic N) is 3. The molecule has 0 amide bonds. The predicted molar refractivity (Wildman–Crippen MR) is 68.0 cm³/mol. The second-order valence-corrected chi connectivity index (χ2v) is 6.75. The van der Waals surface area contributed by atoms with Crippen LogP contribution in [0.2, 0.25) is 0 Å². The third-order valence-electron chi connectivity index (χ3n) is 2.89. The van der Waals surface area contributed by atoms with Crippen LogP contribution in [0.3, 0.4) is 0 Å². The molecule has 0 fully saturated rings. The summed E-state index contributed by atoms with van der Waals surface area (Å²) in [6.45, 7) is 0. The summed E-state index contributed by atoms with van der Waals surface area (Å²) in [7, 11) is 3.54. The standard InChI is InChI=1S/C9H17N3O6Si/c1-10-7(13)11(2)9(15)12(8(10)14)6-19(16-3,17-4)18-5/h6H2,1-5H3. The van der Waals surface area contributed by atoms with Gasteiger partial charge in [-0.15, -0.1) is 0 Å². The zero-order valence-corrected chi connectivity index (χ0v) is 12.5. The van der Waals surface area contributed by atoms with Crippen molar-refractivity contribution >= 4 is 8.80 Å². The maximum atomic E-state index is 12.0. The topological polar surface area (TPSA) is 93.7 Å². The van der Waals surface area contributed by atoms with E-state index in [0.717, 1.165) is 13.7 Å². The van der Waals surface area contributed by atoms with Gasteiger partial charge in [0.25, 0.3) is 0 Å². The average Bonchev–Trinajstić information content (AvgIpc) is 2.44. The molecule has 0 aliphatic carbocycles. The Morgan fingerprint density at radius 2 is 1.21 bits per heavy atom. The van der Waals surface area contributed by atoms with Gasteiger partial charge in [0.1, 0.15) is 6.17 Å². The van der Waals surface area contributed by atoms with E-state index >= 15 is 0 Å². The Morgan fingerprint density at radius 3 is 1.53 bits per heavy atom. The Bertz CT molecular complexity index is 578. The van der Waals surface area contributed by atoms with Crippen LogP contribution in [-0.4, -0.2) is 43.8 Å². The van der Waals surface area contributed by atoms with Gasteiger partial charge in [-0.25, -0.2) is 28.1 Å². The lowest BCUT2D eigenvalue weighted by atomic mass is 10.8. The first kappa shape index (κ1) is 15.6. The number of aromatic nitrogens is 3. The van der Waals surface area contributed by atoms with Gasteiger partial charge in [-0.3, -0.25) is 0 Å². The van der Waals surface area contributed by atoms with Crippen LogP contribution in [0, 0.1) is 0 Å². The van der Waals surface area contributed by atoms with Gasteiger partial charge < -0.3 is 13.3 Å². The molecule has 0 spiro atoms. The molecule has 0 unspecified atom stereocenters. The lowest BCUT2D eigenvalue weighted by Gasteiger charge is -2.24. The molecule has 0 aliphatic rings. The van der Waals surface area contributed by atoms with E-state index in [2.05, 4.69) is 0 Å². The van der Waals surface area contributed by atoms with Crippen molar-refractivity contribution in [3.05, 3.63) is 31.5 Å². The molecule has 108 valence electrons. The van der Waals surface area contributed by atoms with E-state index in [4.69, 9.17) is 13.3 Å². The van der Waals surface area contributed by atoms with E-state index < -0.39 is 25.9 Å². The minimum Gasteiger partial charge on any atom is -0.376 e. The molecule has 1 heterocycles. The van der Waals surface area contributed by atoms with Crippen molar-refractivity contribution in [1.82, 2.24) is 13.7 Å². The van der Waals surface area contributed by atoms with E-state index in [1.54, 1.807) is 0 Å². The van der Waals surface area contributed by atoms with Crippen LogP contribution in [0.1, 0.15) is 0 Å². The third kappa shape index (κ3) is 2.61. The summed E-state index contributed by atoms with van der Waals surface area (Å²) in [5, 5.41) is 0. The Hall–Kier alpha value is -1.49. The van der Waals surface area contributed by atoms with Gasteiger partial charge >= 0.3 is 25.9 Å². The quantitative estimate of drug-likeness (QED) is 0.565. The largest absolute Gasteiger partial charge is 0.521 e. The second-order valence-electron chi connectivity index (χ2n) is 3.85. The van der Waals surface area contributed by atoms with Crippen molar-refractivity contribution in [3.63, 3.8) is 0 Å². The number of hydrogen-bond acceptors (Lipinski definition) is 6. The highest BCUT2D eigenvalue weighted by Crippen LogP contribution is 2.06. The van der Waals surface area contributed by atoms with E-state index in [-0.39, 0.29) is 6.17 Å². The highest BCUT2D eigenvalue weighted by molar-refractivity contribution is 6.59. The van der Waals surface area contributed by atoms with Gasteiger partial charge in [-0.1, -0.05) is 0 Å². The smallest absolute Gasteiger partial charge is 0.376 e. The first-order valence-corrected chi connectivity index (χ1v) is 7.29. The molecule has 9 nitrogen and oxygen atoms in total. The first-order chi connectivity index (χ1) is 8.83. The summed E-state index contributed by atoms with van der Waals surface area (Å²) in [6, 6.07) is 0. The average molecular weight is 291 g/mol.